The van der Waals surface area contributed by atoms with Gasteiger partial charge in [-0.1, -0.05) is 17.8 Å². The summed E-state index contributed by atoms with van der Waals surface area (Å²) in [7, 11) is -2.01. The molecule has 3 N–H and O–H groups in total. The lowest BCUT2D eigenvalue weighted by atomic mass is 10.1. The Bertz CT molecular complexity index is 1120. The van der Waals surface area contributed by atoms with Crippen molar-refractivity contribution in [2.45, 2.75) is 16.4 Å². The maximum absolute atomic E-state index is 13.0. The Morgan fingerprint density at radius 1 is 1.37 bits per heavy atom. The van der Waals surface area contributed by atoms with E-state index in [1.54, 1.807) is 36.3 Å². The summed E-state index contributed by atoms with van der Waals surface area (Å²) in [5, 5.41) is 3.96. The van der Waals surface area contributed by atoms with Crippen molar-refractivity contribution in [1.29, 1.82) is 0 Å². The molecule has 6 nitrogen and oxygen atoms in total. The van der Waals surface area contributed by atoms with Gasteiger partial charge in [-0.15, -0.1) is 11.3 Å². The maximum atomic E-state index is 13.0. The van der Waals surface area contributed by atoms with Gasteiger partial charge in [-0.2, -0.15) is 0 Å². The van der Waals surface area contributed by atoms with E-state index in [1.807, 2.05) is 25.1 Å². The fourth-order valence-corrected chi connectivity index (χ4v) is 6.41. The van der Waals surface area contributed by atoms with Gasteiger partial charge in [-0.05, 0) is 42.1 Å². The van der Waals surface area contributed by atoms with Crippen LogP contribution in [0.5, 0.6) is 0 Å². The first-order chi connectivity index (χ1) is 12.9. The van der Waals surface area contributed by atoms with Gasteiger partial charge in [0.15, 0.2) is 0 Å². The van der Waals surface area contributed by atoms with E-state index in [-0.39, 0.29) is 0 Å². The molecule has 0 aliphatic carbocycles. The molecule has 2 aromatic heterocycles. The first-order valence-corrected chi connectivity index (χ1v) is 11.7. The number of aryl methyl sites for hydroxylation is 1. The maximum Gasteiger partial charge on any atom is 0.273 e. The van der Waals surface area contributed by atoms with E-state index in [2.05, 4.69) is 9.98 Å². The normalized spacial score (nSPS) is 17.4. The zero-order valence-electron chi connectivity index (χ0n) is 15.0. The van der Waals surface area contributed by atoms with E-state index in [1.165, 1.54) is 15.6 Å². The summed E-state index contributed by atoms with van der Waals surface area (Å²) in [6.07, 6.45) is 0. The van der Waals surface area contributed by atoms with Crippen LogP contribution in [0.2, 0.25) is 0 Å². The SMILES string of the molecule is Cc1cc(N(C)S(=O)(=O)c2cccs2)c2[nH]c(C3=NCC(CN)S3)cc2c1. The van der Waals surface area contributed by atoms with Crippen molar-refractivity contribution in [3.8, 4) is 0 Å². The molecule has 3 heterocycles. The molecule has 1 unspecified atom stereocenters. The number of aromatic nitrogens is 1. The number of H-pyrrole nitrogens is 1. The number of nitrogens with zero attached hydrogens (tertiary/aromatic N) is 2. The number of nitrogens with one attached hydrogen (secondary N) is 1. The second-order valence-corrected chi connectivity index (χ2v) is 10.9. The zero-order valence-corrected chi connectivity index (χ0v) is 17.4. The molecular formula is C18H20N4O2S3. The first-order valence-electron chi connectivity index (χ1n) is 8.47. The number of fused-ring (bicyclic) bond motifs is 1. The van der Waals surface area contributed by atoms with E-state index in [0.29, 0.717) is 28.2 Å². The second-order valence-electron chi connectivity index (χ2n) is 6.46. The third kappa shape index (κ3) is 3.29. The zero-order chi connectivity index (χ0) is 19.2. The molecule has 0 bridgehead atoms. The molecule has 0 saturated carbocycles. The Balaban J connectivity index is 1.79. The molecule has 1 aromatic carbocycles. The quantitative estimate of drug-likeness (QED) is 0.663. The van der Waals surface area contributed by atoms with E-state index in [0.717, 1.165) is 27.2 Å². The summed E-state index contributed by atoms with van der Waals surface area (Å²) in [6, 6.07) is 9.33. The molecule has 0 amide bonds. The molecule has 1 aliphatic heterocycles. The average Bonchev–Trinajstić information content (AvgIpc) is 3.38. The van der Waals surface area contributed by atoms with Crippen LogP contribution in [0.1, 0.15) is 11.3 Å². The Hall–Kier alpha value is -1.81. The molecule has 27 heavy (non-hydrogen) atoms. The minimum atomic E-state index is -3.60. The fraction of sp³-hybridized carbons (Fsp3) is 0.278. The Kier molecular flexibility index (Phi) is 4.79. The highest BCUT2D eigenvalue weighted by molar-refractivity contribution is 8.15. The van der Waals surface area contributed by atoms with E-state index in [9.17, 15) is 8.42 Å². The molecule has 1 atom stereocenters. The van der Waals surface area contributed by atoms with Crippen LogP contribution in [-0.4, -0.2) is 43.8 Å². The number of nitrogens with two attached hydrogens (primary N) is 1. The van der Waals surface area contributed by atoms with Gasteiger partial charge in [0.25, 0.3) is 10.0 Å². The number of benzene rings is 1. The van der Waals surface area contributed by atoms with Crippen molar-refractivity contribution in [3.63, 3.8) is 0 Å². The van der Waals surface area contributed by atoms with Crippen LogP contribution in [0.3, 0.4) is 0 Å². The number of hydrogen-bond acceptors (Lipinski definition) is 6. The Morgan fingerprint density at radius 3 is 2.85 bits per heavy atom. The standard InChI is InChI=1S/C18H20N4O2S3/c1-11-6-12-8-14(18-20-10-13(9-19)26-18)21-17(12)15(7-11)22(2)27(23,24)16-4-3-5-25-16/h3-8,13,21H,9-10,19H2,1-2H3. The number of aromatic amines is 1. The van der Waals surface area contributed by atoms with Crippen LogP contribution in [0.15, 0.2) is 44.9 Å². The van der Waals surface area contributed by atoms with E-state index >= 15 is 0 Å². The minimum absolute atomic E-state index is 0.300. The lowest BCUT2D eigenvalue weighted by Crippen LogP contribution is -2.26. The van der Waals surface area contributed by atoms with E-state index in [4.69, 9.17) is 5.73 Å². The van der Waals surface area contributed by atoms with Crippen molar-refractivity contribution in [3.05, 3.63) is 47.0 Å². The lowest BCUT2D eigenvalue weighted by molar-refractivity contribution is 0.596. The first kappa shape index (κ1) is 18.5. The second kappa shape index (κ2) is 6.97. The van der Waals surface area contributed by atoms with Gasteiger partial charge in [0, 0.05) is 24.2 Å². The van der Waals surface area contributed by atoms with Gasteiger partial charge in [-0.3, -0.25) is 9.30 Å². The summed E-state index contributed by atoms with van der Waals surface area (Å²) in [6.45, 7) is 3.27. The van der Waals surface area contributed by atoms with Crippen molar-refractivity contribution in [2.24, 2.45) is 10.7 Å². The van der Waals surface area contributed by atoms with Crippen LogP contribution in [-0.2, 0) is 10.0 Å². The van der Waals surface area contributed by atoms with Crippen LogP contribution < -0.4 is 10.0 Å². The highest BCUT2D eigenvalue weighted by Crippen LogP contribution is 2.34. The predicted octanol–water partition coefficient (Wildman–Crippen LogP) is 3.18. The number of sulfonamides is 1. The molecule has 9 heteroatoms. The summed E-state index contributed by atoms with van der Waals surface area (Å²) in [5.74, 6) is 0. The van der Waals surface area contributed by atoms with Gasteiger partial charge in [0.1, 0.15) is 9.25 Å². The Labute approximate surface area is 166 Å². The lowest BCUT2D eigenvalue weighted by Gasteiger charge is -2.20. The van der Waals surface area contributed by atoms with Gasteiger partial charge in [0.2, 0.25) is 0 Å². The van der Waals surface area contributed by atoms with Crippen LogP contribution >= 0.6 is 23.1 Å². The number of hydrogen-bond donors (Lipinski definition) is 2. The summed E-state index contributed by atoms with van der Waals surface area (Å²) < 4.78 is 27.6. The topological polar surface area (TPSA) is 91.5 Å². The van der Waals surface area contributed by atoms with Crippen LogP contribution in [0, 0.1) is 6.92 Å². The molecule has 0 spiro atoms. The summed E-state index contributed by atoms with van der Waals surface area (Å²) in [4.78, 5) is 7.96. The fourth-order valence-electron chi connectivity index (χ4n) is 3.10. The van der Waals surface area contributed by atoms with Gasteiger partial charge < -0.3 is 10.7 Å². The van der Waals surface area contributed by atoms with Crippen molar-refractivity contribution in [2.75, 3.05) is 24.4 Å². The van der Waals surface area contributed by atoms with Gasteiger partial charge in [-0.25, -0.2) is 8.42 Å². The van der Waals surface area contributed by atoms with Gasteiger partial charge in [0.05, 0.1) is 23.4 Å². The third-order valence-electron chi connectivity index (χ3n) is 4.51. The van der Waals surface area contributed by atoms with Crippen molar-refractivity contribution < 1.29 is 8.42 Å². The largest absolute Gasteiger partial charge is 0.351 e. The van der Waals surface area contributed by atoms with Crippen LogP contribution in [0.4, 0.5) is 5.69 Å². The van der Waals surface area contributed by atoms with E-state index < -0.39 is 10.0 Å². The number of aliphatic imine (C=N–C) groups is 1. The molecular weight excluding hydrogens is 400 g/mol. The Morgan fingerprint density at radius 2 is 2.19 bits per heavy atom. The average molecular weight is 421 g/mol. The summed E-state index contributed by atoms with van der Waals surface area (Å²) >= 11 is 2.88. The molecule has 3 aromatic rings. The number of anilines is 1. The predicted molar refractivity (Wildman–Crippen MR) is 115 cm³/mol. The monoisotopic (exact) mass is 420 g/mol. The molecule has 142 valence electrons. The van der Waals surface area contributed by atoms with Crippen LogP contribution in [0.25, 0.3) is 10.9 Å². The molecule has 0 fully saturated rings. The summed E-state index contributed by atoms with van der Waals surface area (Å²) in [5.41, 5.74) is 9.07. The number of thiophene rings is 1. The smallest absolute Gasteiger partial charge is 0.273 e. The molecule has 0 saturated heterocycles. The third-order valence-corrected chi connectivity index (χ3v) is 8.90. The molecule has 1 aliphatic rings. The van der Waals surface area contributed by atoms with Crippen molar-refractivity contribution in [1.82, 2.24) is 4.98 Å². The van der Waals surface area contributed by atoms with Gasteiger partial charge >= 0.3 is 0 Å². The highest BCUT2D eigenvalue weighted by atomic mass is 32.2. The minimum Gasteiger partial charge on any atom is -0.351 e. The number of rotatable bonds is 5. The highest BCUT2D eigenvalue weighted by Gasteiger charge is 2.26. The number of thioether (sulfide) groups is 1. The molecule has 4 rings (SSSR count). The van der Waals surface area contributed by atoms with Crippen molar-refractivity contribution >= 4 is 54.8 Å². The molecule has 0 radical (unpaired) electrons.